The lowest BCUT2D eigenvalue weighted by atomic mass is 10.1. The van der Waals surface area contributed by atoms with Gasteiger partial charge in [-0.25, -0.2) is 14.2 Å². The van der Waals surface area contributed by atoms with E-state index in [0.29, 0.717) is 43.7 Å². The number of aromatic nitrogens is 1. The molecular weight excluding hydrogens is 463 g/mol. The number of anilines is 2. The number of amides is 2. The van der Waals surface area contributed by atoms with Crippen molar-refractivity contribution < 1.29 is 23.5 Å². The molecule has 1 atom stereocenters. The molecule has 190 valence electrons. The second kappa shape index (κ2) is 9.35. The molecule has 1 aromatic carbocycles. The Morgan fingerprint density at radius 1 is 1.11 bits per heavy atom. The van der Waals surface area contributed by atoms with Gasteiger partial charge in [-0.1, -0.05) is 6.07 Å². The summed E-state index contributed by atoms with van der Waals surface area (Å²) in [5, 5.41) is 0. The van der Waals surface area contributed by atoms with E-state index in [2.05, 4.69) is 11.0 Å². The van der Waals surface area contributed by atoms with Crippen LogP contribution in [0.15, 0.2) is 30.5 Å². The van der Waals surface area contributed by atoms with E-state index in [-0.39, 0.29) is 30.7 Å². The van der Waals surface area contributed by atoms with Crippen molar-refractivity contribution in [1.82, 2.24) is 9.88 Å². The van der Waals surface area contributed by atoms with Crippen LogP contribution in [0.25, 0.3) is 0 Å². The predicted molar refractivity (Wildman–Crippen MR) is 132 cm³/mol. The van der Waals surface area contributed by atoms with Crippen LogP contribution in [-0.4, -0.2) is 74.4 Å². The van der Waals surface area contributed by atoms with Gasteiger partial charge in [-0.15, -0.1) is 0 Å². The largest absolute Gasteiger partial charge is 0.447 e. The summed E-state index contributed by atoms with van der Waals surface area (Å²) < 4.78 is 25.3. The van der Waals surface area contributed by atoms with Crippen LogP contribution in [0.3, 0.4) is 0 Å². The first kappa shape index (κ1) is 23.2. The number of carbonyl (C=O) groups is 2. The summed E-state index contributed by atoms with van der Waals surface area (Å²) in [5.41, 5.74) is 3.08. The van der Waals surface area contributed by atoms with Crippen LogP contribution in [-0.2, 0) is 9.47 Å². The van der Waals surface area contributed by atoms with Crippen molar-refractivity contribution in [1.29, 1.82) is 0 Å². The maximum atomic E-state index is 15.1. The minimum atomic E-state index is -0.649. The average molecular weight is 495 g/mol. The number of carbonyl (C=O) groups excluding carboxylic acids is 2. The summed E-state index contributed by atoms with van der Waals surface area (Å²) in [4.78, 5) is 35.5. The third kappa shape index (κ3) is 4.40. The Bertz CT molecular complexity index is 1170. The van der Waals surface area contributed by atoms with Crippen molar-refractivity contribution in [3.8, 4) is 0 Å². The van der Waals surface area contributed by atoms with E-state index in [1.54, 1.807) is 11.0 Å². The molecule has 2 saturated carbocycles. The van der Waals surface area contributed by atoms with Crippen LogP contribution in [0.4, 0.5) is 20.7 Å². The van der Waals surface area contributed by atoms with Crippen LogP contribution in [0.1, 0.15) is 59.0 Å². The number of halogens is 1. The van der Waals surface area contributed by atoms with Crippen molar-refractivity contribution >= 4 is 23.5 Å². The summed E-state index contributed by atoms with van der Waals surface area (Å²) >= 11 is 0. The highest BCUT2D eigenvalue weighted by atomic mass is 19.1. The Labute approximate surface area is 210 Å². The number of rotatable bonds is 7. The smallest absolute Gasteiger partial charge is 0.414 e. The van der Waals surface area contributed by atoms with Gasteiger partial charge in [0.15, 0.2) is 0 Å². The molecule has 0 N–H and O–H groups in total. The van der Waals surface area contributed by atoms with Gasteiger partial charge in [0.1, 0.15) is 18.2 Å². The van der Waals surface area contributed by atoms with Crippen LogP contribution < -0.4 is 9.80 Å². The van der Waals surface area contributed by atoms with Gasteiger partial charge in [-0.3, -0.25) is 9.69 Å². The van der Waals surface area contributed by atoms with E-state index in [1.165, 1.54) is 61.0 Å². The van der Waals surface area contributed by atoms with Gasteiger partial charge in [-0.05, 0) is 66.8 Å². The van der Waals surface area contributed by atoms with E-state index in [0.717, 1.165) is 5.82 Å². The molecule has 0 spiro atoms. The molecule has 2 aliphatic heterocycles. The molecule has 4 aliphatic rings. The molecule has 9 heteroatoms. The molecule has 8 nitrogen and oxygen atoms in total. The topological polar surface area (TPSA) is 75.2 Å². The number of hydrogen-bond donors (Lipinski definition) is 0. The van der Waals surface area contributed by atoms with E-state index in [9.17, 15) is 9.59 Å². The molecule has 4 fully saturated rings. The van der Waals surface area contributed by atoms with E-state index >= 15 is 4.39 Å². The molecular formula is C27H31FN4O4. The summed E-state index contributed by atoms with van der Waals surface area (Å²) in [6.07, 6.45) is 6.45. The summed E-state index contributed by atoms with van der Waals surface area (Å²) in [7, 11) is 1.54. The average Bonchev–Trinajstić information content (AvgIpc) is 3.82. The van der Waals surface area contributed by atoms with Crippen molar-refractivity contribution in [2.24, 2.45) is 0 Å². The third-order valence-electron chi connectivity index (χ3n) is 7.63. The molecule has 6 rings (SSSR count). The van der Waals surface area contributed by atoms with Crippen LogP contribution in [0.5, 0.6) is 0 Å². The van der Waals surface area contributed by atoms with Crippen molar-refractivity contribution in [2.45, 2.75) is 43.6 Å². The Morgan fingerprint density at radius 2 is 1.86 bits per heavy atom. The van der Waals surface area contributed by atoms with Crippen molar-refractivity contribution in [3.63, 3.8) is 0 Å². The highest BCUT2D eigenvalue weighted by molar-refractivity contribution is 5.96. The normalized spacial score (nSPS) is 22.2. The number of piperazine rings is 1. The molecule has 0 unspecified atom stereocenters. The number of methoxy groups -OCH3 is 1. The van der Waals surface area contributed by atoms with E-state index < -0.39 is 11.9 Å². The minimum absolute atomic E-state index is 0.00800. The fourth-order valence-electron chi connectivity index (χ4n) is 5.30. The molecule has 36 heavy (non-hydrogen) atoms. The Morgan fingerprint density at radius 3 is 2.53 bits per heavy atom. The molecule has 0 radical (unpaired) electrons. The lowest BCUT2D eigenvalue weighted by Gasteiger charge is -2.36. The first-order valence-corrected chi connectivity index (χ1v) is 12.8. The molecule has 2 aromatic rings. The fourth-order valence-corrected chi connectivity index (χ4v) is 5.30. The first-order chi connectivity index (χ1) is 17.5. The molecule has 2 aliphatic carbocycles. The maximum absolute atomic E-state index is 15.1. The van der Waals surface area contributed by atoms with Gasteiger partial charge in [-0.2, -0.15) is 0 Å². The monoisotopic (exact) mass is 494 g/mol. The number of hydrogen-bond acceptors (Lipinski definition) is 6. The Balaban J connectivity index is 1.13. The third-order valence-corrected chi connectivity index (χ3v) is 7.63. The standard InChI is InChI=1S/C27H31FN4O4/c1-35-15-21-16-36-27(34)32(21)20-6-7-22(24(28)13-20)26(33)31-10-8-30(9-11-31)25-23(18-4-5-18)12-19(14-29-25)17-2-3-17/h6-7,12-14,17-18,21H,2-5,8-11,15-16H2,1H3/t21-/m1/s1. The van der Waals surface area contributed by atoms with Crippen LogP contribution >= 0.6 is 0 Å². The Hall–Kier alpha value is -3.20. The van der Waals surface area contributed by atoms with Gasteiger partial charge in [0, 0.05) is 39.5 Å². The zero-order valence-corrected chi connectivity index (χ0v) is 20.5. The SMILES string of the molecule is COC[C@@H]1COC(=O)N1c1ccc(C(=O)N2CCN(c3ncc(C4CC4)cc3C3CC3)CC2)c(F)c1. The number of benzene rings is 1. The maximum Gasteiger partial charge on any atom is 0.414 e. The zero-order valence-electron chi connectivity index (χ0n) is 20.5. The second-order valence-corrected chi connectivity index (χ2v) is 10.2. The summed E-state index contributed by atoms with van der Waals surface area (Å²) in [6.45, 7) is 2.80. The lowest BCUT2D eigenvalue weighted by molar-refractivity contribution is 0.0741. The van der Waals surface area contributed by atoms with Crippen LogP contribution in [0, 0.1) is 5.82 Å². The zero-order chi connectivity index (χ0) is 24.8. The van der Waals surface area contributed by atoms with Gasteiger partial charge in [0.05, 0.1) is 23.9 Å². The Kier molecular flexibility index (Phi) is 6.03. The number of pyridine rings is 1. The molecule has 1 aromatic heterocycles. The molecule has 3 heterocycles. The van der Waals surface area contributed by atoms with Gasteiger partial charge < -0.3 is 19.3 Å². The number of nitrogens with zero attached hydrogens (tertiary/aromatic N) is 4. The van der Waals surface area contributed by atoms with E-state index in [4.69, 9.17) is 14.5 Å². The first-order valence-electron chi connectivity index (χ1n) is 12.8. The van der Waals surface area contributed by atoms with Crippen molar-refractivity contribution in [3.05, 3.63) is 53.0 Å². The second-order valence-electron chi connectivity index (χ2n) is 10.2. The fraction of sp³-hybridized carbons (Fsp3) is 0.519. The molecule has 0 bridgehead atoms. The highest BCUT2D eigenvalue weighted by Crippen LogP contribution is 2.47. The van der Waals surface area contributed by atoms with Gasteiger partial charge in [0.25, 0.3) is 5.91 Å². The number of ether oxygens (including phenoxy) is 2. The molecule has 2 saturated heterocycles. The van der Waals surface area contributed by atoms with Gasteiger partial charge >= 0.3 is 6.09 Å². The lowest BCUT2D eigenvalue weighted by Crippen LogP contribution is -2.49. The van der Waals surface area contributed by atoms with E-state index in [1.807, 2.05) is 6.20 Å². The minimum Gasteiger partial charge on any atom is -0.447 e. The summed E-state index contributed by atoms with van der Waals surface area (Å²) in [6, 6.07) is 6.31. The highest BCUT2D eigenvalue weighted by Gasteiger charge is 2.36. The van der Waals surface area contributed by atoms with Crippen molar-refractivity contribution in [2.75, 3.05) is 56.3 Å². The van der Waals surface area contributed by atoms with Crippen LogP contribution in [0.2, 0.25) is 0 Å². The van der Waals surface area contributed by atoms with Gasteiger partial charge in [0.2, 0.25) is 0 Å². The molecule has 2 amide bonds. The summed E-state index contributed by atoms with van der Waals surface area (Å²) in [5.74, 6) is 1.35. The number of cyclic esters (lactones) is 1. The quantitative estimate of drug-likeness (QED) is 0.581. The predicted octanol–water partition coefficient (Wildman–Crippen LogP) is 3.91.